The van der Waals surface area contributed by atoms with Crippen LogP contribution in [0.1, 0.15) is 25.7 Å². The third-order valence-corrected chi connectivity index (χ3v) is 3.41. The Morgan fingerprint density at radius 3 is 2.30 bits per heavy atom. The molecule has 2 rings (SSSR count). The molecule has 108 valence electrons. The molecule has 2 fully saturated rings. The number of hydrogen-bond acceptors (Lipinski definition) is 7. The molecule has 1 atom stereocenters. The lowest BCUT2D eigenvalue weighted by molar-refractivity contribution is -0.149. The van der Waals surface area contributed by atoms with Gasteiger partial charge in [-0.05, 0) is 19.9 Å². The summed E-state index contributed by atoms with van der Waals surface area (Å²) in [6.07, 6.45) is 2.29. The van der Waals surface area contributed by atoms with E-state index in [0.717, 1.165) is 12.8 Å². The van der Waals surface area contributed by atoms with Gasteiger partial charge in [-0.1, -0.05) is 6.42 Å². The van der Waals surface area contributed by atoms with Gasteiger partial charge in [0.2, 0.25) is 5.68 Å². The highest BCUT2D eigenvalue weighted by molar-refractivity contribution is 6.83. The first-order chi connectivity index (χ1) is 9.47. The summed E-state index contributed by atoms with van der Waals surface area (Å²) in [5.74, 6) is -2.30. The molecule has 20 heavy (non-hydrogen) atoms. The standard InChI is InChI=1S/C12H16BNO6/c1-14-6-10(16)19-13(20-11(17)7-14)12(18)8-4-2-3-5-9(8)15/h8H,2-7H2,1H3. The molecule has 0 amide bonds. The lowest BCUT2D eigenvalue weighted by atomic mass is 9.69. The van der Waals surface area contributed by atoms with E-state index in [9.17, 15) is 19.2 Å². The monoisotopic (exact) mass is 281 g/mol. The highest BCUT2D eigenvalue weighted by Gasteiger charge is 2.45. The fourth-order valence-corrected chi connectivity index (χ4v) is 2.40. The lowest BCUT2D eigenvalue weighted by Gasteiger charge is -2.25. The molecular formula is C12H16BNO6. The summed E-state index contributed by atoms with van der Waals surface area (Å²) in [7, 11) is -0.0225. The predicted octanol–water partition coefficient (Wildman–Crippen LogP) is -0.626. The van der Waals surface area contributed by atoms with Crippen molar-refractivity contribution < 1.29 is 28.5 Å². The minimum atomic E-state index is -1.59. The summed E-state index contributed by atoms with van der Waals surface area (Å²) in [6, 6.07) is 0. The van der Waals surface area contributed by atoms with Crippen LogP contribution in [0.2, 0.25) is 0 Å². The zero-order valence-electron chi connectivity index (χ0n) is 11.3. The molecule has 1 unspecified atom stereocenters. The molecular weight excluding hydrogens is 265 g/mol. The minimum Gasteiger partial charge on any atom is -0.492 e. The molecule has 8 heteroatoms. The first-order valence-corrected chi connectivity index (χ1v) is 6.61. The molecule has 0 aromatic carbocycles. The summed E-state index contributed by atoms with van der Waals surface area (Å²) < 4.78 is 9.74. The number of rotatable bonds is 2. The van der Waals surface area contributed by atoms with Crippen LogP contribution in [0, 0.1) is 5.92 Å². The first-order valence-electron chi connectivity index (χ1n) is 6.61. The number of ketones is 1. The quantitative estimate of drug-likeness (QED) is 0.492. The van der Waals surface area contributed by atoms with Crippen LogP contribution in [0.4, 0.5) is 0 Å². The van der Waals surface area contributed by atoms with Crippen LogP contribution in [0.25, 0.3) is 0 Å². The van der Waals surface area contributed by atoms with E-state index in [-0.39, 0.29) is 18.9 Å². The Hall–Kier alpha value is -1.70. The molecule has 1 aliphatic carbocycles. The van der Waals surface area contributed by atoms with Gasteiger partial charge in [0.25, 0.3) is 0 Å². The third kappa shape index (κ3) is 3.44. The van der Waals surface area contributed by atoms with Gasteiger partial charge in [0.15, 0.2) is 0 Å². The van der Waals surface area contributed by atoms with Gasteiger partial charge in [0.05, 0.1) is 19.0 Å². The van der Waals surface area contributed by atoms with Gasteiger partial charge in [0, 0.05) is 6.42 Å². The molecule has 7 nitrogen and oxygen atoms in total. The van der Waals surface area contributed by atoms with E-state index >= 15 is 0 Å². The van der Waals surface area contributed by atoms with Crippen molar-refractivity contribution in [2.75, 3.05) is 20.1 Å². The van der Waals surface area contributed by atoms with Crippen LogP contribution in [-0.2, 0) is 28.5 Å². The molecule has 0 aromatic heterocycles. The molecule has 1 saturated carbocycles. The molecule has 0 N–H and O–H groups in total. The highest BCUT2D eigenvalue weighted by atomic mass is 16.6. The molecule has 0 aromatic rings. The van der Waals surface area contributed by atoms with E-state index < -0.39 is 30.7 Å². The van der Waals surface area contributed by atoms with Crippen LogP contribution in [0.15, 0.2) is 0 Å². The minimum absolute atomic E-state index is 0.0997. The topological polar surface area (TPSA) is 90.0 Å². The predicted molar refractivity (Wildman–Crippen MR) is 67.4 cm³/mol. The first kappa shape index (κ1) is 14.7. The molecule has 1 aliphatic heterocycles. The largest absolute Gasteiger partial charge is 0.675 e. The molecule has 0 bridgehead atoms. The Bertz CT molecular complexity index is 431. The van der Waals surface area contributed by atoms with Crippen molar-refractivity contribution >= 4 is 30.5 Å². The lowest BCUT2D eigenvalue weighted by Crippen LogP contribution is -2.49. The Labute approximate surface area is 116 Å². The number of carbonyl (C=O) groups is 4. The van der Waals surface area contributed by atoms with Crippen molar-refractivity contribution in [2.24, 2.45) is 5.92 Å². The van der Waals surface area contributed by atoms with E-state index in [4.69, 9.17) is 9.31 Å². The van der Waals surface area contributed by atoms with Crippen molar-refractivity contribution in [3.63, 3.8) is 0 Å². The molecule has 2 aliphatic rings. The smallest absolute Gasteiger partial charge is 0.492 e. The van der Waals surface area contributed by atoms with Crippen LogP contribution in [0.3, 0.4) is 0 Å². The number of carbonyl (C=O) groups excluding carboxylic acids is 4. The van der Waals surface area contributed by atoms with Crippen LogP contribution < -0.4 is 0 Å². The van der Waals surface area contributed by atoms with E-state index in [2.05, 4.69) is 0 Å². The summed E-state index contributed by atoms with van der Waals surface area (Å²) >= 11 is 0. The second kappa shape index (κ2) is 6.17. The number of nitrogens with zero attached hydrogens (tertiary/aromatic N) is 1. The molecule has 1 saturated heterocycles. The average Bonchev–Trinajstić information content (AvgIpc) is 2.35. The second-order valence-electron chi connectivity index (χ2n) is 5.15. The van der Waals surface area contributed by atoms with Gasteiger partial charge >= 0.3 is 19.1 Å². The summed E-state index contributed by atoms with van der Waals surface area (Å²) in [5.41, 5.74) is -0.624. The fraction of sp³-hybridized carbons (Fsp3) is 0.667. The third-order valence-electron chi connectivity index (χ3n) is 3.41. The van der Waals surface area contributed by atoms with E-state index in [1.807, 2.05) is 0 Å². The summed E-state index contributed by atoms with van der Waals surface area (Å²) in [4.78, 5) is 48.5. The van der Waals surface area contributed by atoms with Crippen LogP contribution >= 0.6 is 0 Å². The zero-order chi connectivity index (χ0) is 14.7. The maximum Gasteiger partial charge on any atom is 0.675 e. The van der Waals surface area contributed by atoms with Gasteiger partial charge in [-0.25, -0.2) is 0 Å². The highest BCUT2D eigenvalue weighted by Crippen LogP contribution is 2.23. The SMILES string of the molecule is CN1CC(=O)OB(C(=O)C2CCCCC2=O)OC(=O)C1. The van der Waals surface area contributed by atoms with Crippen molar-refractivity contribution in [1.29, 1.82) is 0 Å². The molecule has 0 radical (unpaired) electrons. The van der Waals surface area contributed by atoms with Gasteiger partial charge in [-0.3, -0.25) is 19.3 Å². The van der Waals surface area contributed by atoms with E-state index in [1.54, 1.807) is 7.05 Å². The van der Waals surface area contributed by atoms with Crippen molar-refractivity contribution in [2.45, 2.75) is 25.7 Å². The van der Waals surface area contributed by atoms with E-state index in [1.165, 1.54) is 4.90 Å². The normalized spacial score (nSPS) is 25.6. The Balaban J connectivity index is 2.08. The average molecular weight is 281 g/mol. The number of hydrogen-bond donors (Lipinski definition) is 0. The van der Waals surface area contributed by atoms with Gasteiger partial charge in [0.1, 0.15) is 5.78 Å². The number of likely N-dealkylation sites (N-methyl/N-ethyl adjacent to an activating group) is 1. The summed E-state index contributed by atoms with van der Waals surface area (Å²) in [6.45, 7) is -0.199. The van der Waals surface area contributed by atoms with Gasteiger partial charge in [-0.2, -0.15) is 0 Å². The van der Waals surface area contributed by atoms with Crippen molar-refractivity contribution in [3.05, 3.63) is 0 Å². The van der Waals surface area contributed by atoms with E-state index in [0.29, 0.717) is 12.8 Å². The van der Waals surface area contributed by atoms with Crippen LogP contribution in [0.5, 0.6) is 0 Å². The Morgan fingerprint density at radius 1 is 1.15 bits per heavy atom. The Kier molecular flexibility index (Phi) is 4.54. The maximum atomic E-state index is 12.2. The van der Waals surface area contributed by atoms with Crippen molar-refractivity contribution in [3.8, 4) is 0 Å². The van der Waals surface area contributed by atoms with Gasteiger partial charge < -0.3 is 14.1 Å². The molecule has 1 heterocycles. The summed E-state index contributed by atoms with van der Waals surface area (Å²) in [5, 5.41) is 0. The maximum absolute atomic E-state index is 12.2. The van der Waals surface area contributed by atoms with Gasteiger partial charge in [-0.15, -0.1) is 0 Å². The molecule has 0 spiro atoms. The zero-order valence-corrected chi connectivity index (χ0v) is 11.3. The number of Topliss-reactive ketones (excluding diaryl/α,β-unsaturated/α-hetero) is 1. The Morgan fingerprint density at radius 2 is 1.75 bits per heavy atom. The van der Waals surface area contributed by atoms with Crippen LogP contribution in [-0.4, -0.2) is 55.6 Å². The second-order valence-corrected chi connectivity index (χ2v) is 5.15. The van der Waals surface area contributed by atoms with Crippen molar-refractivity contribution in [1.82, 2.24) is 4.90 Å². The fourth-order valence-electron chi connectivity index (χ4n) is 2.40.